The fourth-order valence-corrected chi connectivity index (χ4v) is 13.4. The van der Waals surface area contributed by atoms with Crippen molar-refractivity contribution in [3.05, 3.63) is 119 Å². The van der Waals surface area contributed by atoms with E-state index >= 15 is 0 Å². The number of aliphatic carboxylic acids is 3. The van der Waals surface area contributed by atoms with Gasteiger partial charge in [-0.15, -0.1) is 0 Å². The molecule has 3 aromatic carbocycles. The van der Waals surface area contributed by atoms with E-state index in [2.05, 4.69) is 94.4 Å². The molecule has 1 spiro atoms. The average molecular weight is 1880 g/mol. The standard InChI is InChI=1S/C81H105N25O28/c1-34(2)63(104-68(120)39(7)94-70(122)49(16-19-58(82)109)99-69(121)40-10-13-46-45(23-40)78(131)134-81(46)47-14-11-43(107)26-56(47)133-57-27-44(108)12-15-48(57)81)76(128)102-54(25-42-30-87-33-91-42)73(125)95-36(4)65(117)92-37(5)67(119)101-53(24-41-29-86-32-90-41)72(124)96-38(6)66(118)98-51(18-21-62(114)115)75(127)105-106-80(132)103-55(28-59(83)110)74(126)100-50(17-20-61(112)113)71(123)93-35(3)64(116)89-31-60(111)97-52(77(129)130)9-8-22-88-79(84)85/h10-15,23,26-27,29-30,32-39,49-55,63,107-108H,8-9,16-22,24-25,28,31H2,1-7H3,(H2,82,109)(H2,83,110)(H,86,90)(H,87,91)(H,89,116)(H,92,117)(H,93,123)(H,94,122)(H,95,125)(H,96,124)(H,97,111)(H,98,118)(H,99,121)(H,100,126)(H,101,119)(H,102,128)(H,104,120)(H,105,127)(H,112,113)(H,114,115)(H,129,130)(H4,84,85,88)(H2,103,106,132)/t35-,36-,37-,38-,39-,49-,50-,51-,52-,53-,54-,55-,63-/m0/s1. The Bertz CT molecular complexity index is 5230. The van der Waals surface area contributed by atoms with Gasteiger partial charge in [0.15, 0.2) is 11.6 Å². The molecule has 134 heavy (non-hydrogen) atoms. The number of phenolic OH excluding ortho intramolecular Hbond substituents is 2. The highest BCUT2D eigenvalue weighted by Gasteiger charge is 2.54. The number of benzene rings is 3. The molecule has 2 aliphatic heterocycles. The molecule has 31 N–H and O–H groups in total. The molecule has 0 saturated carbocycles. The molecule has 0 saturated heterocycles. The lowest BCUT2D eigenvalue weighted by molar-refractivity contribution is -0.142. The van der Waals surface area contributed by atoms with E-state index in [1.54, 1.807) is 0 Å². The van der Waals surface area contributed by atoms with Crippen LogP contribution in [0.1, 0.15) is 155 Å². The van der Waals surface area contributed by atoms with E-state index in [9.17, 15) is 126 Å². The molecular formula is C81H105N25O28. The second-order valence-corrected chi connectivity index (χ2v) is 31.3. The SMILES string of the molecule is CC(C)[C@H](NC(=O)[C@H](C)NC(=O)[C@H](CCC(N)=O)NC(=O)c1ccc2c(c1)C(=O)OC21c2ccc(O)cc2Oc2cc(O)ccc21)C(=O)N[C@@H](Cc1c[nH]cn1)C(=O)N[C@@H](C)C(=O)N[C@@H](C)C(=O)N[C@@H](Cc1c[nH]cn1)C(=O)N[C@@H](C)C(=O)N[C@@H](CCC(=O)O)C(=O)NNC(=O)N[C@@H](CC(N)=O)C(=O)N[C@@H](CCC(=O)O)C(=O)N[C@@H](C)C(=O)NCC(=O)N[C@@H](CCCNC(=N)N)C(=O)O. The van der Waals surface area contributed by atoms with Crippen molar-refractivity contribution >= 4 is 130 Å². The molecule has 13 atom stereocenters. The van der Waals surface area contributed by atoms with Crippen LogP contribution in [0.5, 0.6) is 23.0 Å². The van der Waals surface area contributed by atoms with E-state index in [1.807, 2.05) is 16.2 Å². The number of carbonyl (C=O) groups is 21. The topological polar surface area (TPSA) is 842 Å². The Morgan fingerprint density at radius 3 is 1.37 bits per heavy atom. The van der Waals surface area contributed by atoms with E-state index in [0.29, 0.717) is 11.1 Å². The molecule has 4 heterocycles. The van der Waals surface area contributed by atoms with Gasteiger partial charge in [-0.2, -0.15) is 0 Å². The number of ether oxygens (including phenoxy) is 2. The van der Waals surface area contributed by atoms with Crippen LogP contribution in [0.15, 0.2) is 79.6 Å². The first-order valence-electron chi connectivity index (χ1n) is 41.4. The van der Waals surface area contributed by atoms with Gasteiger partial charge in [0, 0.05) is 85.4 Å². The van der Waals surface area contributed by atoms with Crippen molar-refractivity contribution in [3.8, 4) is 23.0 Å². The molecule has 0 unspecified atom stereocenters. The number of H-pyrrole nitrogens is 2. The number of carboxylic acid groups (broad SMARTS) is 3. The summed E-state index contributed by atoms with van der Waals surface area (Å²) >= 11 is 0. The fraction of sp³-hybridized carbons (Fsp3) is 0.432. The lowest BCUT2D eigenvalue weighted by Crippen LogP contribution is -2.61. The molecular weight excluding hydrogens is 1770 g/mol. The van der Waals surface area contributed by atoms with Crippen LogP contribution < -0.4 is 113 Å². The number of phenols is 2. The van der Waals surface area contributed by atoms with Gasteiger partial charge in [0.05, 0.1) is 42.6 Å². The summed E-state index contributed by atoms with van der Waals surface area (Å²) in [7, 11) is 0. The molecule has 2 aliphatic rings. The highest BCUT2D eigenvalue weighted by molar-refractivity contribution is 6.05. The maximum atomic E-state index is 14.3. The number of hydrogen-bond donors (Lipinski definition) is 28. The summed E-state index contributed by atoms with van der Waals surface area (Å²) in [4.78, 5) is 293. The first-order valence-corrected chi connectivity index (χ1v) is 41.4. The minimum absolute atomic E-state index is 0.0821. The number of hydrogen-bond acceptors (Lipinski definition) is 28. The lowest BCUT2D eigenvalue weighted by Gasteiger charge is -2.36. The smallest absolute Gasteiger partial charge is 0.340 e. The Morgan fingerprint density at radius 2 is 0.888 bits per heavy atom. The number of imidazole rings is 2. The van der Waals surface area contributed by atoms with E-state index in [0.717, 1.165) is 13.8 Å². The number of urea groups is 1. The number of hydrazine groups is 1. The van der Waals surface area contributed by atoms with Gasteiger partial charge in [0.1, 0.15) is 102 Å². The second kappa shape index (κ2) is 48.2. The largest absolute Gasteiger partial charge is 0.508 e. The minimum Gasteiger partial charge on any atom is -0.508 e. The van der Waals surface area contributed by atoms with Crippen LogP contribution in [0.3, 0.4) is 0 Å². The minimum atomic E-state index is -2.02. The Balaban J connectivity index is 0.922. The fourth-order valence-electron chi connectivity index (χ4n) is 13.4. The average Bonchev–Trinajstić information content (AvgIpc) is 1.51. The first-order chi connectivity index (χ1) is 63.1. The van der Waals surface area contributed by atoms with Crippen LogP contribution in [-0.4, -0.2) is 267 Å². The number of aromatic amines is 2. The Labute approximate surface area is 760 Å². The molecule has 0 aliphatic carbocycles. The molecule has 0 radical (unpaired) electrons. The van der Waals surface area contributed by atoms with Gasteiger partial charge in [-0.3, -0.25) is 97.1 Å². The van der Waals surface area contributed by atoms with E-state index in [-0.39, 0.29) is 82.8 Å². The summed E-state index contributed by atoms with van der Waals surface area (Å²) in [6.45, 7) is 8.24. The van der Waals surface area contributed by atoms with Crippen LogP contribution in [0.2, 0.25) is 0 Å². The third-order valence-electron chi connectivity index (χ3n) is 20.5. The molecule has 722 valence electrons. The predicted molar refractivity (Wildman–Crippen MR) is 458 cm³/mol. The summed E-state index contributed by atoms with van der Waals surface area (Å²) < 4.78 is 12.1. The zero-order valence-corrected chi connectivity index (χ0v) is 73.0. The zero-order chi connectivity index (χ0) is 99.3. The number of rotatable bonds is 49. The van der Waals surface area contributed by atoms with E-state index in [4.69, 9.17) is 32.1 Å². The van der Waals surface area contributed by atoms with Crippen molar-refractivity contribution < 1.29 is 136 Å². The molecule has 5 aromatic rings. The van der Waals surface area contributed by atoms with Gasteiger partial charge in [-0.25, -0.2) is 29.8 Å². The Morgan fingerprint density at radius 1 is 0.448 bits per heavy atom. The Hall–Kier alpha value is -16.6. The van der Waals surface area contributed by atoms with Crippen molar-refractivity contribution in [2.75, 3.05) is 13.1 Å². The van der Waals surface area contributed by atoms with Gasteiger partial charge in [0.25, 0.3) is 11.8 Å². The Kier molecular flexibility index (Phi) is 37.6. The summed E-state index contributed by atoms with van der Waals surface area (Å²) in [6, 6.07) is -10.3. The lowest BCUT2D eigenvalue weighted by atomic mass is 9.77. The van der Waals surface area contributed by atoms with Gasteiger partial charge < -0.3 is 142 Å². The van der Waals surface area contributed by atoms with E-state index in [1.165, 1.54) is 114 Å². The van der Waals surface area contributed by atoms with Gasteiger partial charge in [0.2, 0.25) is 82.7 Å². The number of nitrogens with zero attached hydrogens (tertiary/aromatic N) is 2. The zero-order valence-electron chi connectivity index (χ0n) is 73.0. The van der Waals surface area contributed by atoms with Gasteiger partial charge >= 0.3 is 29.9 Å². The summed E-state index contributed by atoms with van der Waals surface area (Å²) in [5, 5.41) is 91.4. The summed E-state index contributed by atoms with van der Waals surface area (Å²) in [5.74, 6) is -23.7. The van der Waals surface area contributed by atoms with Crippen LogP contribution >= 0.6 is 0 Å². The number of primary amides is 2. The third kappa shape index (κ3) is 30.3. The van der Waals surface area contributed by atoms with Crippen LogP contribution in [0.4, 0.5) is 4.79 Å². The number of esters is 1. The molecule has 53 nitrogen and oxygen atoms in total. The van der Waals surface area contributed by atoms with Crippen LogP contribution in [-0.2, 0) is 109 Å². The number of aromatic nitrogens is 4. The molecule has 53 heteroatoms. The molecule has 7 rings (SSSR count). The maximum Gasteiger partial charge on any atom is 0.340 e. The predicted octanol–water partition coefficient (Wildman–Crippen LogP) is -7.18. The number of nitrogens with two attached hydrogens (primary N) is 3. The number of fused-ring (bicyclic) bond motifs is 6. The third-order valence-corrected chi connectivity index (χ3v) is 20.5. The monoisotopic (exact) mass is 1880 g/mol. The number of carbonyl (C=O) groups excluding carboxylic acids is 18. The van der Waals surface area contributed by atoms with E-state index < -0.39 is 272 Å². The number of aromatic hydroxyl groups is 2. The first kappa shape index (κ1) is 104. The number of guanidine groups is 1. The summed E-state index contributed by atoms with van der Waals surface area (Å²) in [5.41, 5.74) is 19.0. The number of amides is 18. The molecule has 0 bridgehead atoms. The summed E-state index contributed by atoms with van der Waals surface area (Å²) in [6.07, 6.45) is -0.299. The van der Waals surface area contributed by atoms with Gasteiger partial charge in [-0.05, 0) is 109 Å². The second-order valence-electron chi connectivity index (χ2n) is 31.3. The highest BCUT2D eigenvalue weighted by Crippen LogP contribution is 2.57. The van der Waals surface area contributed by atoms with Crippen molar-refractivity contribution in [1.29, 1.82) is 5.41 Å². The quantitative estimate of drug-likeness (QED) is 0.00566. The van der Waals surface area contributed by atoms with Crippen LogP contribution in [0, 0.1) is 11.3 Å². The van der Waals surface area contributed by atoms with Crippen molar-refractivity contribution in [2.45, 2.75) is 203 Å². The molecule has 18 amide bonds. The number of carboxylic acids is 3. The van der Waals surface area contributed by atoms with Crippen molar-refractivity contribution in [2.24, 2.45) is 23.1 Å². The van der Waals surface area contributed by atoms with Crippen molar-refractivity contribution in [3.63, 3.8) is 0 Å². The number of nitrogens with one attached hydrogen (secondary N) is 20. The highest BCUT2D eigenvalue weighted by atomic mass is 16.6. The maximum absolute atomic E-state index is 14.3. The molecule has 0 fully saturated rings. The van der Waals surface area contributed by atoms with Crippen LogP contribution in [0.25, 0.3) is 0 Å². The van der Waals surface area contributed by atoms with Gasteiger partial charge in [-0.1, -0.05) is 19.9 Å². The van der Waals surface area contributed by atoms with Crippen molar-refractivity contribution in [1.82, 2.24) is 111 Å². The normalized spacial score (nSPS) is 14.8. The molecule has 2 aromatic heterocycles.